The Hall–Kier alpha value is -0.810. The second-order valence-electron chi connectivity index (χ2n) is 4.21. The Morgan fingerprint density at radius 1 is 1.42 bits per heavy atom. The molecule has 1 atom stereocenters. The molecule has 0 aromatic heterocycles. The van der Waals surface area contributed by atoms with Crippen molar-refractivity contribution in [3.8, 4) is 0 Å². The molecule has 0 saturated heterocycles. The van der Waals surface area contributed by atoms with Gasteiger partial charge in [-0.05, 0) is 43.1 Å². The molecule has 0 radical (unpaired) electrons. The van der Waals surface area contributed by atoms with Crippen molar-refractivity contribution >= 4 is 15.9 Å². The molecule has 0 aliphatic rings. The first-order valence-corrected chi connectivity index (χ1v) is 6.90. The highest BCUT2D eigenvalue weighted by Gasteiger charge is 2.31. The predicted molar refractivity (Wildman–Crippen MR) is 75.0 cm³/mol. The lowest BCUT2D eigenvalue weighted by Gasteiger charge is -2.20. The van der Waals surface area contributed by atoms with Crippen LogP contribution in [0.15, 0.2) is 35.3 Å². The summed E-state index contributed by atoms with van der Waals surface area (Å²) in [7, 11) is 0. The summed E-state index contributed by atoms with van der Waals surface area (Å²) in [6, 6.07) is 3.64. The van der Waals surface area contributed by atoms with Crippen molar-refractivity contribution in [1.29, 1.82) is 0 Å². The molecule has 1 rings (SSSR count). The zero-order valence-corrected chi connectivity index (χ0v) is 12.3. The summed E-state index contributed by atoms with van der Waals surface area (Å²) in [5, 5.41) is 3.21. The number of hydrogen-bond donors (Lipinski definition) is 1. The fourth-order valence-corrected chi connectivity index (χ4v) is 2.41. The molecule has 19 heavy (non-hydrogen) atoms. The van der Waals surface area contributed by atoms with E-state index in [0.717, 1.165) is 18.9 Å². The van der Waals surface area contributed by atoms with Crippen LogP contribution >= 0.6 is 15.9 Å². The third-order valence-corrected chi connectivity index (χ3v) is 3.53. The van der Waals surface area contributed by atoms with E-state index in [1.807, 2.05) is 6.92 Å². The molecule has 0 aliphatic carbocycles. The van der Waals surface area contributed by atoms with Crippen molar-refractivity contribution in [3.05, 3.63) is 46.5 Å². The zero-order valence-electron chi connectivity index (χ0n) is 10.7. The predicted octanol–water partition coefficient (Wildman–Crippen LogP) is 5.08. The summed E-state index contributed by atoms with van der Waals surface area (Å²) in [5.41, 5.74) is 0.0192. The van der Waals surface area contributed by atoms with Gasteiger partial charge >= 0.3 is 6.18 Å². The van der Waals surface area contributed by atoms with Crippen LogP contribution in [0.4, 0.5) is 13.2 Å². The molecule has 0 heterocycles. The maximum absolute atomic E-state index is 12.7. The number of halogens is 4. The van der Waals surface area contributed by atoms with Gasteiger partial charge in [-0.3, -0.25) is 0 Å². The van der Waals surface area contributed by atoms with E-state index < -0.39 is 11.7 Å². The van der Waals surface area contributed by atoms with Gasteiger partial charge < -0.3 is 5.32 Å². The van der Waals surface area contributed by atoms with E-state index >= 15 is 0 Å². The summed E-state index contributed by atoms with van der Waals surface area (Å²) < 4.78 is 38.9. The molecular weight excluding hydrogens is 319 g/mol. The van der Waals surface area contributed by atoms with Gasteiger partial charge in [0.25, 0.3) is 0 Å². The Morgan fingerprint density at radius 3 is 2.63 bits per heavy atom. The number of hydrogen-bond acceptors (Lipinski definition) is 1. The van der Waals surface area contributed by atoms with E-state index in [1.165, 1.54) is 12.1 Å². The van der Waals surface area contributed by atoms with E-state index in [9.17, 15) is 13.2 Å². The van der Waals surface area contributed by atoms with Gasteiger partial charge in [-0.2, -0.15) is 13.2 Å². The van der Waals surface area contributed by atoms with Gasteiger partial charge in [-0.1, -0.05) is 28.9 Å². The molecule has 5 heteroatoms. The van der Waals surface area contributed by atoms with Crippen LogP contribution in [0.5, 0.6) is 0 Å². The van der Waals surface area contributed by atoms with Crippen LogP contribution < -0.4 is 5.32 Å². The fourth-order valence-electron chi connectivity index (χ4n) is 1.89. The first kappa shape index (κ1) is 16.2. The van der Waals surface area contributed by atoms with Crippen LogP contribution in [0.1, 0.15) is 36.9 Å². The summed E-state index contributed by atoms with van der Waals surface area (Å²) >= 11 is 3.33. The molecule has 0 amide bonds. The van der Waals surface area contributed by atoms with Crippen LogP contribution in [0.2, 0.25) is 0 Å². The highest BCUT2D eigenvalue weighted by atomic mass is 79.9. The highest BCUT2D eigenvalue weighted by Crippen LogP contribution is 2.35. The summed E-state index contributed by atoms with van der Waals surface area (Å²) in [4.78, 5) is 0. The van der Waals surface area contributed by atoms with Gasteiger partial charge in [-0.25, -0.2) is 0 Å². The first-order valence-electron chi connectivity index (χ1n) is 6.11. The maximum atomic E-state index is 12.7. The summed E-state index contributed by atoms with van der Waals surface area (Å²) in [5.74, 6) is 0. The third kappa shape index (κ3) is 4.66. The average Bonchev–Trinajstić information content (AvgIpc) is 2.34. The van der Waals surface area contributed by atoms with E-state index in [1.54, 1.807) is 6.08 Å². The molecule has 1 aromatic carbocycles. The van der Waals surface area contributed by atoms with Crippen molar-refractivity contribution in [2.45, 2.75) is 32.0 Å². The van der Waals surface area contributed by atoms with E-state index in [2.05, 4.69) is 27.8 Å². The van der Waals surface area contributed by atoms with Crippen molar-refractivity contribution in [3.63, 3.8) is 0 Å². The van der Waals surface area contributed by atoms with Gasteiger partial charge in [0.15, 0.2) is 0 Å². The normalized spacial score (nSPS) is 13.3. The van der Waals surface area contributed by atoms with Crippen molar-refractivity contribution in [2.24, 2.45) is 0 Å². The Morgan fingerprint density at radius 2 is 2.11 bits per heavy atom. The van der Waals surface area contributed by atoms with Crippen LogP contribution in [-0.4, -0.2) is 6.54 Å². The number of alkyl halides is 3. The molecular formula is C14H17BrF3N. The second kappa shape index (κ2) is 7.10. The smallest absolute Gasteiger partial charge is 0.310 e. The number of benzene rings is 1. The van der Waals surface area contributed by atoms with Crippen LogP contribution in [0.3, 0.4) is 0 Å². The van der Waals surface area contributed by atoms with Crippen LogP contribution in [0, 0.1) is 0 Å². The monoisotopic (exact) mass is 335 g/mol. The van der Waals surface area contributed by atoms with Crippen molar-refractivity contribution < 1.29 is 13.2 Å². The topological polar surface area (TPSA) is 12.0 Å². The van der Waals surface area contributed by atoms with Gasteiger partial charge in [0.2, 0.25) is 0 Å². The van der Waals surface area contributed by atoms with Gasteiger partial charge in [0.05, 0.1) is 5.56 Å². The Bertz CT molecular complexity index is 429. The lowest BCUT2D eigenvalue weighted by atomic mass is 9.99. The molecule has 0 aliphatic heterocycles. The van der Waals surface area contributed by atoms with Crippen molar-refractivity contribution in [1.82, 2.24) is 5.32 Å². The van der Waals surface area contributed by atoms with Crippen LogP contribution in [-0.2, 0) is 6.18 Å². The minimum Gasteiger partial charge on any atom is -0.310 e. The van der Waals surface area contributed by atoms with Gasteiger partial charge in [0.1, 0.15) is 0 Å². The average molecular weight is 336 g/mol. The zero-order chi connectivity index (χ0) is 14.5. The van der Waals surface area contributed by atoms with Gasteiger partial charge in [0, 0.05) is 10.5 Å². The van der Waals surface area contributed by atoms with Gasteiger partial charge in [-0.15, -0.1) is 6.58 Å². The standard InChI is InChI=1S/C14H17BrF3N/c1-3-5-6-13(19-4-2)11-9-10(14(16,17)18)7-8-12(11)15/h3,7-9,13,19H,1,4-6H2,2H3. The molecule has 1 nitrogen and oxygen atoms in total. The SMILES string of the molecule is C=CCCC(NCC)c1cc(C(F)(F)F)ccc1Br. The molecule has 106 valence electrons. The minimum absolute atomic E-state index is 0.111. The number of nitrogens with one attached hydrogen (secondary N) is 1. The van der Waals surface area contributed by atoms with Crippen LogP contribution in [0.25, 0.3) is 0 Å². The van der Waals surface area contributed by atoms with Crippen molar-refractivity contribution in [2.75, 3.05) is 6.54 Å². The summed E-state index contributed by atoms with van der Waals surface area (Å²) in [6.07, 6.45) is -1.08. The highest BCUT2D eigenvalue weighted by molar-refractivity contribution is 9.10. The molecule has 0 spiro atoms. The summed E-state index contributed by atoms with van der Waals surface area (Å²) in [6.45, 7) is 6.28. The Labute approximate surface area is 120 Å². The Balaban J connectivity index is 3.09. The van der Waals surface area contributed by atoms with E-state index in [0.29, 0.717) is 16.6 Å². The van der Waals surface area contributed by atoms with E-state index in [-0.39, 0.29) is 6.04 Å². The lowest BCUT2D eigenvalue weighted by Crippen LogP contribution is -2.21. The third-order valence-electron chi connectivity index (χ3n) is 2.81. The van der Waals surface area contributed by atoms with E-state index in [4.69, 9.17) is 0 Å². The molecule has 0 fully saturated rings. The maximum Gasteiger partial charge on any atom is 0.416 e. The lowest BCUT2D eigenvalue weighted by molar-refractivity contribution is -0.137. The minimum atomic E-state index is -4.31. The fraction of sp³-hybridized carbons (Fsp3) is 0.429. The molecule has 1 aromatic rings. The second-order valence-corrected chi connectivity index (χ2v) is 5.06. The molecule has 0 bridgehead atoms. The molecule has 0 saturated carbocycles. The number of rotatable bonds is 6. The quantitative estimate of drug-likeness (QED) is 0.714. The first-order chi connectivity index (χ1) is 8.90. The largest absolute Gasteiger partial charge is 0.416 e. The Kier molecular flexibility index (Phi) is 6.07. The molecule has 1 unspecified atom stereocenters. The number of allylic oxidation sites excluding steroid dienone is 1. The molecule has 1 N–H and O–H groups in total.